The molecule has 1 rings (SSSR count). The normalized spacial score (nSPS) is 11.5. The lowest BCUT2D eigenvalue weighted by atomic mass is 10.2. The van der Waals surface area contributed by atoms with Crippen LogP contribution in [0, 0.1) is 0 Å². The molecule has 0 N–H and O–H groups in total. The van der Waals surface area contributed by atoms with E-state index in [0.29, 0.717) is 12.1 Å². The van der Waals surface area contributed by atoms with Crippen molar-refractivity contribution in [3.05, 3.63) is 42.0 Å². The highest BCUT2D eigenvalue weighted by molar-refractivity contribution is 5.85. The Morgan fingerprint density at radius 2 is 1.53 bits per heavy atom. The molecule has 1 aromatic carbocycles. The fraction of sp³-hybridized carbons (Fsp3) is 0.467. The lowest BCUT2D eigenvalue weighted by Crippen LogP contribution is -2.36. The van der Waals surface area contributed by atoms with Gasteiger partial charge in [0.2, 0.25) is 0 Å². The molecule has 0 aliphatic heterocycles. The number of halogens is 1. The van der Waals surface area contributed by atoms with Crippen molar-refractivity contribution in [2.75, 3.05) is 6.54 Å². The summed E-state index contributed by atoms with van der Waals surface area (Å²) in [5.41, 5.74) is 1.27. The summed E-state index contributed by atoms with van der Waals surface area (Å²) in [5.74, 6) is 0. The lowest BCUT2D eigenvalue weighted by Gasteiger charge is -2.29. The van der Waals surface area contributed by atoms with E-state index in [1.807, 2.05) is 6.07 Å². The van der Waals surface area contributed by atoms with E-state index in [2.05, 4.69) is 69.0 Å². The summed E-state index contributed by atoms with van der Waals surface area (Å²) in [7, 11) is 0. The van der Waals surface area contributed by atoms with Crippen LogP contribution >= 0.6 is 12.4 Å². The Bertz CT molecular complexity index is 309. The first-order valence-corrected chi connectivity index (χ1v) is 6.08. The van der Waals surface area contributed by atoms with Crippen LogP contribution in [0.4, 0.5) is 0 Å². The van der Waals surface area contributed by atoms with Gasteiger partial charge in [-0.2, -0.15) is 0 Å². The van der Waals surface area contributed by atoms with Crippen molar-refractivity contribution in [1.82, 2.24) is 4.90 Å². The number of hydrogen-bond acceptors (Lipinski definition) is 1. The SMILES string of the molecule is CC(C)N(CC=Cc1ccccc1)C(C)C.Cl. The Morgan fingerprint density at radius 3 is 2.00 bits per heavy atom. The van der Waals surface area contributed by atoms with Gasteiger partial charge < -0.3 is 0 Å². The van der Waals surface area contributed by atoms with E-state index >= 15 is 0 Å². The topological polar surface area (TPSA) is 3.24 Å². The molecule has 0 aliphatic rings. The first-order valence-electron chi connectivity index (χ1n) is 6.08. The van der Waals surface area contributed by atoms with E-state index in [1.54, 1.807) is 0 Å². The molecule has 0 saturated carbocycles. The molecular formula is C15H24ClN. The molecule has 0 radical (unpaired) electrons. The Morgan fingerprint density at radius 1 is 1.00 bits per heavy atom. The predicted octanol–water partition coefficient (Wildman–Crippen LogP) is 4.24. The van der Waals surface area contributed by atoms with Gasteiger partial charge in [0.1, 0.15) is 0 Å². The molecular weight excluding hydrogens is 230 g/mol. The van der Waals surface area contributed by atoms with Gasteiger partial charge in [-0.05, 0) is 33.3 Å². The largest absolute Gasteiger partial charge is 0.295 e. The average Bonchev–Trinajstić information content (AvgIpc) is 2.24. The average molecular weight is 254 g/mol. The minimum atomic E-state index is 0. The number of nitrogens with zero attached hydrogens (tertiary/aromatic N) is 1. The van der Waals surface area contributed by atoms with Crippen LogP contribution in [-0.4, -0.2) is 23.5 Å². The fourth-order valence-corrected chi connectivity index (χ4v) is 1.89. The van der Waals surface area contributed by atoms with Crippen molar-refractivity contribution in [3.8, 4) is 0 Å². The third-order valence-corrected chi connectivity index (χ3v) is 2.75. The predicted molar refractivity (Wildman–Crippen MR) is 79.7 cm³/mol. The van der Waals surface area contributed by atoms with Crippen LogP contribution in [0.5, 0.6) is 0 Å². The number of rotatable bonds is 5. The molecule has 1 nitrogen and oxygen atoms in total. The zero-order valence-corrected chi connectivity index (χ0v) is 12.1. The zero-order valence-electron chi connectivity index (χ0n) is 11.3. The van der Waals surface area contributed by atoms with E-state index < -0.39 is 0 Å². The van der Waals surface area contributed by atoms with Gasteiger partial charge in [-0.3, -0.25) is 4.90 Å². The van der Waals surface area contributed by atoms with Gasteiger partial charge >= 0.3 is 0 Å². The molecule has 0 spiro atoms. The van der Waals surface area contributed by atoms with Crippen LogP contribution < -0.4 is 0 Å². The van der Waals surface area contributed by atoms with E-state index in [0.717, 1.165) is 6.54 Å². The van der Waals surface area contributed by atoms with Gasteiger partial charge in [-0.25, -0.2) is 0 Å². The Kier molecular flexibility index (Phi) is 7.94. The molecule has 0 amide bonds. The van der Waals surface area contributed by atoms with Crippen LogP contribution in [0.2, 0.25) is 0 Å². The molecule has 0 heterocycles. The molecule has 17 heavy (non-hydrogen) atoms. The minimum absolute atomic E-state index is 0. The third-order valence-electron chi connectivity index (χ3n) is 2.75. The van der Waals surface area contributed by atoms with E-state index in [9.17, 15) is 0 Å². The molecule has 1 aromatic rings. The van der Waals surface area contributed by atoms with Crippen LogP contribution in [0.15, 0.2) is 36.4 Å². The van der Waals surface area contributed by atoms with Gasteiger partial charge in [0.15, 0.2) is 0 Å². The van der Waals surface area contributed by atoms with Crippen LogP contribution in [0.25, 0.3) is 6.08 Å². The second kappa shape index (κ2) is 8.32. The standard InChI is InChI=1S/C15H23N.ClH/c1-13(2)16(14(3)4)12-8-11-15-9-6-5-7-10-15;/h5-11,13-14H,12H2,1-4H3;1H. The highest BCUT2D eigenvalue weighted by Gasteiger charge is 2.10. The fourth-order valence-electron chi connectivity index (χ4n) is 1.89. The maximum Gasteiger partial charge on any atom is 0.0171 e. The molecule has 96 valence electrons. The van der Waals surface area contributed by atoms with Crippen LogP contribution in [0.1, 0.15) is 33.3 Å². The van der Waals surface area contributed by atoms with Crippen molar-refractivity contribution < 1.29 is 0 Å². The summed E-state index contributed by atoms with van der Waals surface area (Å²) in [6.45, 7) is 10.0. The highest BCUT2D eigenvalue weighted by Crippen LogP contribution is 2.06. The summed E-state index contributed by atoms with van der Waals surface area (Å²) in [6, 6.07) is 11.6. The summed E-state index contributed by atoms with van der Waals surface area (Å²) >= 11 is 0. The first-order chi connectivity index (χ1) is 7.61. The van der Waals surface area contributed by atoms with Crippen molar-refractivity contribution in [2.45, 2.75) is 39.8 Å². The summed E-state index contributed by atoms with van der Waals surface area (Å²) in [4.78, 5) is 2.47. The summed E-state index contributed by atoms with van der Waals surface area (Å²) in [5, 5.41) is 0. The van der Waals surface area contributed by atoms with Crippen LogP contribution in [0.3, 0.4) is 0 Å². The van der Waals surface area contributed by atoms with Gasteiger partial charge in [0.25, 0.3) is 0 Å². The monoisotopic (exact) mass is 253 g/mol. The zero-order chi connectivity index (χ0) is 12.0. The lowest BCUT2D eigenvalue weighted by molar-refractivity contribution is 0.196. The van der Waals surface area contributed by atoms with Crippen LogP contribution in [-0.2, 0) is 0 Å². The van der Waals surface area contributed by atoms with E-state index in [1.165, 1.54) is 5.56 Å². The molecule has 0 bridgehead atoms. The quantitative estimate of drug-likeness (QED) is 0.759. The van der Waals surface area contributed by atoms with Crippen molar-refractivity contribution in [3.63, 3.8) is 0 Å². The second-order valence-electron chi connectivity index (χ2n) is 4.70. The Hall–Kier alpha value is -0.790. The maximum absolute atomic E-state index is 2.47. The maximum atomic E-state index is 2.47. The van der Waals surface area contributed by atoms with Crippen molar-refractivity contribution >= 4 is 18.5 Å². The minimum Gasteiger partial charge on any atom is -0.295 e. The highest BCUT2D eigenvalue weighted by atomic mass is 35.5. The van der Waals surface area contributed by atoms with Gasteiger partial charge in [0.05, 0.1) is 0 Å². The summed E-state index contributed by atoms with van der Waals surface area (Å²) in [6.07, 6.45) is 4.44. The molecule has 0 fully saturated rings. The van der Waals surface area contributed by atoms with Crippen molar-refractivity contribution in [1.29, 1.82) is 0 Å². The number of benzene rings is 1. The van der Waals surface area contributed by atoms with Gasteiger partial charge in [0, 0.05) is 18.6 Å². The summed E-state index contributed by atoms with van der Waals surface area (Å²) < 4.78 is 0. The molecule has 0 unspecified atom stereocenters. The van der Waals surface area contributed by atoms with Gasteiger partial charge in [-0.15, -0.1) is 12.4 Å². The van der Waals surface area contributed by atoms with E-state index in [-0.39, 0.29) is 12.4 Å². The smallest absolute Gasteiger partial charge is 0.0171 e. The molecule has 2 heteroatoms. The molecule has 0 aromatic heterocycles. The molecule has 0 atom stereocenters. The molecule has 0 aliphatic carbocycles. The third kappa shape index (κ3) is 5.90. The van der Waals surface area contributed by atoms with Crippen molar-refractivity contribution in [2.24, 2.45) is 0 Å². The Labute approximate surface area is 112 Å². The second-order valence-corrected chi connectivity index (χ2v) is 4.70. The number of hydrogen-bond donors (Lipinski definition) is 0. The first kappa shape index (κ1) is 16.2. The van der Waals surface area contributed by atoms with Gasteiger partial charge in [-0.1, -0.05) is 42.5 Å². The molecule has 0 saturated heterocycles. The Balaban J connectivity index is 0.00000256. The van der Waals surface area contributed by atoms with E-state index in [4.69, 9.17) is 0 Å².